The first kappa shape index (κ1) is 16.9. The number of methoxy groups -OCH3 is 1. The first-order valence-corrected chi connectivity index (χ1v) is 8.48. The number of rotatable bonds is 8. The molecule has 0 aliphatic heterocycles. The maximum absolute atomic E-state index is 5.82. The fraction of sp³-hybridized carbons (Fsp3) is 0.182. The van der Waals surface area contributed by atoms with Gasteiger partial charge in [0.05, 0.1) is 19.4 Å². The van der Waals surface area contributed by atoms with Crippen LogP contribution in [0.4, 0.5) is 5.69 Å². The van der Waals surface area contributed by atoms with E-state index in [4.69, 9.17) is 9.47 Å². The number of para-hydroxylation sites is 2. The van der Waals surface area contributed by atoms with Gasteiger partial charge in [-0.3, -0.25) is 0 Å². The Morgan fingerprint density at radius 3 is 2.24 bits per heavy atom. The molecule has 3 aromatic rings. The topological polar surface area (TPSA) is 30.5 Å². The first-order valence-electron chi connectivity index (χ1n) is 8.48. The molecule has 0 fully saturated rings. The smallest absolute Gasteiger partial charge is 0.141 e. The van der Waals surface area contributed by atoms with Gasteiger partial charge in [-0.05, 0) is 35.4 Å². The van der Waals surface area contributed by atoms with Crippen molar-refractivity contribution in [2.45, 2.75) is 13.0 Å². The molecule has 0 saturated heterocycles. The Bertz CT molecular complexity index is 770. The second-order valence-corrected chi connectivity index (χ2v) is 5.78. The molecule has 0 amide bonds. The van der Waals surface area contributed by atoms with Crippen molar-refractivity contribution < 1.29 is 9.47 Å². The number of benzene rings is 3. The Hall–Kier alpha value is -2.94. The van der Waals surface area contributed by atoms with Gasteiger partial charge in [0.15, 0.2) is 0 Å². The van der Waals surface area contributed by atoms with Crippen LogP contribution in [-0.2, 0) is 13.0 Å². The molecule has 0 aliphatic rings. The number of hydrogen-bond donors (Lipinski definition) is 1. The van der Waals surface area contributed by atoms with E-state index in [0.717, 1.165) is 30.2 Å². The van der Waals surface area contributed by atoms with E-state index in [9.17, 15) is 0 Å². The van der Waals surface area contributed by atoms with Gasteiger partial charge >= 0.3 is 0 Å². The summed E-state index contributed by atoms with van der Waals surface area (Å²) in [6, 6.07) is 26.5. The van der Waals surface area contributed by atoms with Crippen LogP contribution in [-0.4, -0.2) is 13.7 Å². The van der Waals surface area contributed by atoms with E-state index < -0.39 is 0 Å². The number of hydrogen-bond acceptors (Lipinski definition) is 3. The summed E-state index contributed by atoms with van der Waals surface area (Å²) in [5.74, 6) is 1.75. The molecule has 0 aliphatic carbocycles. The van der Waals surface area contributed by atoms with Gasteiger partial charge in [0.1, 0.15) is 11.5 Å². The molecule has 0 heterocycles. The molecule has 0 atom stereocenters. The van der Waals surface area contributed by atoms with Crippen molar-refractivity contribution in [1.82, 2.24) is 0 Å². The zero-order chi connectivity index (χ0) is 17.3. The van der Waals surface area contributed by atoms with Crippen LogP contribution in [0.25, 0.3) is 0 Å². The Morgan fingerprint density at radius 1 is 0.760 bits per heavy atom. The molecule has 0 radical (unpaired) electrons. The zero-order valence-electron chi connectivity index (χ0n) is 14.4. The summed E-state index contributed by atoms with van der Waals surface area (Å²) < 4.78 is 11.2. The van der Waals surface area contributed by atoms with E-state index in [-0.39, 0.29) is 0 Å². The fourth-order valence-electron chi connectivity index (χ4n) is 2.62. The highest BCUT2D eigenvalue weighted by Crippen LogP contribution is 2.24. The van der Waals surface area contributed by atoms with E-state index in [1.165, 1.54) is 11.1 Å². The molecule has 3 heteroatoms. The highest BCUT2D eigenvalue weighted by Gasteiger charge is 2.01. The molecule has 0 bridgehead atoms. The van der Waals surface area contributed by atoms with Crippen LogP contribution in [0.2, 0.25) is 0 Å². The largest absolute Gasteiger partial charge is 0.495 e. The van der Waals surface area contributed by atoms with Crippen molar-refractivity contribution in [2.24, 2.45) is 0 Å². The third kappa shape index (κ3) is 5.01. The van der Waals surface area contributed by atoms with Gasteiger partial charge in [-0.1, -0.05) is 54.6 Å². The van der Waals surface area contributed by atoms with Crippen LogP contribution in [0.3, 0.4) is 0 Å². The minimum absolute atomic E-state index is 0.683. The van der Waals surface area contributed by atoms with Crippen molar-refractivity contribution in [3.63, 3.8) is 0 Å². The quantitative estimate of drug-likeness (QED) is 0.634. The van der Waals surface area contributed by atoms with Gasteiger partial charge in [0.2, 0.25) is 0 Å². The molecular formula is C22H23NO2. The summed E-state index contributed by atoms with van der Waals surface area (Å²) in [7, 11) is 1.68. The predicted molar refractivity (Wildman–Crippen MR) is 102 cm³/mol. The van der Waals surface area contributed by atoms with Crippen LogP contribution in [0.1, 0.15) is 11.1 Å². The van der Waals surface area contributed by atoms with Crippen molar-refractivity contribution in [3.05, 3.63) is 90.0 Å². The highest BCUT2D eigenvalue weighted by molar-refractivity contribution is 5.56. The molecule has 3 rings (SSSR count). The molecule has 128 valence electrons. The van der Waals surface area contributed by atoms with E-state index >= 15 is 0 Å². The molecule has 25 heavy (non-hydrogen) atoms. The van der Waals surface area contributed by atoms with Crippen molar-refractivity contribution in [1.29, 1.82) is 0 Å². The molecular weight excluding hydrogens is 310 g/mol. The van der Waals surface area contributed by atoms with Gasteiger partial charge in [0, 0.05) is 13.0 Å². The van der Waals surface area contributed by atoms with E-state index in [2.05, 4.69) is 41.7 Å². The fourth-order valence-corrected chi connectivity index (χ4v) is 2.62. The predicted octanol–water partition coefficient (Wildman–Crippen LogP) is 4.93. The first-order chi connectivity index (χ1) is 12.3. The van der Waals surface area contributed by atoms with Crippen molar-refractivity contribution >= 4 is 5.69 Å². The lowest BCUT2D eigenvalue weighted by atomic mass is 10.2. The standard InChI is InChI=1S/C22H23NO2/c1-24-22-10-6-5-9-21(22)23-17-19-11-13-20(14-12-19)25-16-15-18-7-3-2-4-8-18/h2-14,23H,15-17H2,1H3. The van der Waals surface area contributed by atoms with Gasteiger partial charge in [0.25, 0.3) is 0 Å². The Balaban J connectivity index is 1.48. The number of anilines is 1. The highest BCUT2D eigenvalue weighted by atomic mass is 16.5. The van der Waals surface area contributed by atoms with Crippen LogP contribution in [0.5, 0.6) is 11.5 Å². The third-order valence-corrected chi connectivity index (χ3v) is 4.02. The minimum atomic E-state index is 0.683. The third-order valence-electron chi connectivity index (χ3n) is 4.02. The van der Waals surface area contributed by atoms with E-state index in [1.54, 1.807) is 7.11 Å². The molecule has 0 spiro atoms. The van der Waals surface area contributed by atoms with Crippen LogP contribution in [0, 0.1) is 0 Å². The van der Waals surface area contributed by atoms with Gasteiger partial charge in [-0.25, -0.2) is 0 Å². The van der Waals surface area contributed by atoms with Crippen LogP contribution < -0.4 is 14.8 Å². The lowest BCUT2D eigenvalue weighted by Gasteiger charge is -2.11. The Labute approximate surface area is 149 Å². The van der Waals surface area contributed by atoms with Gasteiger partial charge in [-0.2, -0.15) is 0 Å². The average Bonchev–Trinajstić information content (AvgIpc) is 2.68. The molecule has 0 aromatic heterocycles. The van der Waals surface area contributed by atoms with E-state index in [1.807, 2.05) is 42.5 Å². The summed E-state index contributed by atoms with van der Waals surface area (Å²) in [5, 5.41) is 3.40. The van der Waals surface area contributed by atoms with E-state index in [0.29, 0.717) is 6.61 Å². The maximum atomic E-state index is 5.82. The lowest BCUT2D eigenvalue weighted by Crippen LogP contribution is -2.03. The molecule has 3 aromatic carbocycles. The molecule has 0 saturated carbocycles. The second kappa shape index (κ2) is 8.78. The zero-order valence-corrected chi connectivity index (χ0v) is 14.4. The van der Waals surface area contributed by atoms with Gasteiger partial charge in [-0.15, -0.1) is 0 Å². The summed E-state index contributed by atoms with van der Waals surface area (Å²) in [6.45, 7) is 1.42. The maximum Gasteiger partial charge on any atom is 0.141 e. The summed E-state index contributed by atoms with van der Waals surface area (Å²) >= 11 is 0. The minimum Gasteiger partial charge on any atom is -0.495 e. The van der Waals surface area contributed by atoms with Crippen LogP contribution >= 0.6 is 0 Å². The molecule has 1 N–H and O–H groups in total. The monoisotopic (exact) mass is 333 g/mol. The number of nitrogens with one attached hydrogen (secondary N) is 1. The lowest BCUT2D eigenvalue weighted by molar-refractivity contribution is 0.322. The normalized spacial score (nSPS) is 10.3. The van der Waals surface area contributed by atoms with Crippen molar-refractivity contribution in [2.75, 3.05) is 19.0 Å². The second-order valence-electron chi connectivity index (χ2n) is 5.78. The SMILES string of the molecule is COc1ccccc1NCc1ccc(OCCc2ccccc2)cc1. The van der Waals surface area contributed by atoms with Gasteiger partial charge < -0.3 is 14.8 Å². The average molecular weight is 333 g/mol. The molecule has 3 nitrogen and oxygen atoms in total. The Morgan fingerprint density at radius 2 is 1.48 bits per heavy atom. The summed E-state index contributed by atoms with van der Waals surface area (Å²) in [4.78, 5) is 0. The van der Waals surface area contributed by atoms with Crippen molar-refractivity contribution in [3.8, 4) is 11.5 Å². The summed E-state index contributed by atoms with van der Waals surface area (Å²) in [5.41, 5.74) is 3.48. The molecule has 0 unspecified atom stereocenters. The number of ether oxygens (including phenoxy) is 2. The Kier molecular flexibility index (Phi) is 5.94. The van der Waals surface area contributed by atoms with Crippen LogP contribution in [0.15, 0.2) is 78.9 Å². The summed E-state index contributed by atoms with van der Waals surface area (Å²) in [6.07, 6.45) is 0.915.